The number of benzene rings is 2. The molecular formula is C13H10F2O3S. The molecule has 19 heavy (non-hydrogen) atoms. The molecule has 0 saturated carbocycles. The third-order valence-electron chi connectivity index (χ3n) is 2.43. The third kappa shape index (κ3) is 3.15. The quantitative estimate of drug-likeness (QED) is 0.811. The van der Waals surface area contributed by atoms with E-state index in [1.807, 2.05) is 0 Å². The molecule has 0 heterocycles. The summed E-state index contributed by atoms with van der Waals surface area (Å²) in [5.41, 5.74) is -0.153. The molecule has 0 radical (unpaired) electrons. The number of rotatable bonds is 4. The molecule has 0 unspecified atom stereocenters. The summed E-state index contributed by atoms with van der Waals surface area (Å²) >= 11 is 0. The molecule has 6 heteroatoms. The van der Waals surface area contributed by atoms with Crippen molar-refractivity contribution in [2.45, 2.75) is 11.5 Å². The summed E-state index contributed by atoms with van der Waals surface area (Å²) in [6.07, 6.45) is 0. The zero-order valence-electron chi connectivity index (χ0n) is 9.71. The fourth-order valence-corrected chi connectivity index (χ4v) is 2.36. The largest absolute Gasteiger partial charge is 0.297 e. The Hall–Kier alpha value is -1.79. The normalized spacial score (nSPS) is 11.5. The van der Waals surface area contributed by atoms with E-state index in [2.05, 4.69) is 0 Å². The molecule has 0 N–H and O–H groups in total. The molecule has 0 fully saturated rings. The van der Waals surface area contributed by atoms with E-state index in [4.69, 9.17) is 4.18 Å². The Bertz CT molecular complexity index is 670. The Morgan fingerprint density at radius 1 is 0.947 bits per heavy atom. The molecule has 0 saturated heterocycles. The van der Waals surface area contributed by atoms with E-state index in [0.717, 1.165) is 6.07 Å². The molecule has 0 aliphatic rings. The standard InChI is InChI=1S/C13H10F2O3S/c14-12-8-4-5-10(13(12)15)9-18-19(16,17)11-6-2-1-3-7-11/h1-8H,9H2. The van der Waals surface area contributed by atoms with E-state index in [0.29, 0.717) is 0 Å². The number of hydrogen-bond acceptors (Lipinski definition) is 3. The second kappa shape index (κ2) is 5.46. The second-order valence-electron chi connectivity index (χ2n) is 3.74. The molecule has 0 atom stereocenters. The van der Waals surface area contributed by atoms with Crippen molar-refractivity contribution in [2.24, 2.45) is 0 Å². The van der Waals surface area contributed by atoms with Crippen molar-refractivity contribution in [3.8, 4) is 0 Å². The molecule has 0 aromatic heterocycles. The van der Waals surface area contributed by atoms with Crippen LogP contribution >= 0.6 is 0 Å². The van der Waals surface area contributed by atoms with Crippen LogP contribution in [0, 0.1) is 11.6 Å². The molecule has 2 rings (SSSR count). The predicted molar refractivity (Wildman–Crippen MR) is 64.8 cm³/mol. The van der Waals surface area contributed by atoms with E-state index < -0.39 is 28.4 Å². The van der Waals surface area contributed by atoms with E-state index in [-0.39, 0.29) is 10.5 Å². The summed E-state index contributed by atoms with van der Waals surface area (Å²) in [5.74, 6) is -2.15. The fraction of sp³-hybridized carbons (Fsp3) is 0.0769. The first kappa shape index (κ1) is 13.6. The third-order valence-corrected chi connectivity index (χ3v) is 3.71. The summed E-state index contributed by atoms with van der Waals surface area (Å²) in [5, 5.41) is 0. The van der Waals surface area contributed by atoms with Gasteiger partial charge < -0.3 is 0 Å². The van der Waals surface area contributed by atoms with Crippen LogP contribution in [0.2, 0.25) is 0 Å². The van der Waals surface area contributed by atoms with Crippen molar-refractivity contribution in [3.05, 3.63) is 65.7 Å². The van der Waals surface area contributed by atoms with Crippen LogP contribution in [-0.2, 0) is 20.9 Å². The van der Waals surface area contributed by atoms with Gasteiger partial charge in [-0.15, -0.1) is 0 Å². The van der Waals surface area contributed by atoms with Crippen LogP contribution in [0.25, 0.3) is 0 Å². The molecular weight excluding hydrogens is 274 g/mol. The average molecular weight is 284 g/mol. The summed E-state index contributed by atoms with van der Waals surface area (Å²) in [6, 6.07) is 11.0. The van der Waals surface area contributed by atoms with Crippen LogP contribution in [0.15, 0.2) is 53.4 Å². The molecule has 3 nitrogen and oxygen atoms in total. The summed E-state index contributed by atoms with van der Waals surface area (Å²) in [6.45, 7) is -0.555. The molecule has 0 spiro atoms. The van der Waals surface area contributed by atoms with E-state index in [1.165, 1.54) is 24.3 Å². The van der Waals surface area contributed by atoms with Gasteiger partial charge in [-0.2, -0.15) is 8.42 Å². The van der Waals surface area contributed by atoms with Gasteiger partial charge in [-0.25, -0.2) is 8.78 Å². The van der Waals surface area contributed by atoms with Gasteiger partial charge in [-0.05, 0) is 18.2 Å². The van der Waals surface area contributed by atoms with Gasteiger partial charge >= 0.3 is 0 Å². The minimum absolute atomic E-state index is 0.0354. The van der Waals surface area contributed by atoms with Crippen LogP contribution < -0.4 is 0 Å². The molecule has 2 aromatic rings. The Kier molecular flexibility index (Phi) is 3.92. The minimum Gasteiger partial charge on any atom is -0.261 e. The van der Waals surface area contributed by atoms with Crippen LogP contribution in [-0.4, -0.2) is 8.42 Å². The maximum Gasteiger partial charge on any atom is 0.297 e. The second-order valence-corrected chi connectivity index (χ2v) is 5.36. The molecule has 2 aromatic carbocycles. The smallest absolute Gasteiger partial charge is 0.261 e. The highest BCUT2D eigenvalue weighted by Gasteiger charge is 2.16. The SMILES string of the molecule is O=S(=O)(OCc1cccc(F)c1F)c1ccccc1. The van der Waals surface area contributed by atoms with Crippen molar-refractivity contribution in [1.29, 1.82) is 0 Å². The first-order chi connectivity index (χ1) is 9.00. The van der Waals surface area contributed by atoms with Gasteiger partial charge in [0.25, 0.3) is 10.1 Å². The van der Waals surface area contributed by atoms with Crippen molar-refractivity contribution in [2.75, 3.05) is 0 Å². The van der Waals surface area contributed by atoms with Gasteiger partial charge in [-0.3, -0.25) is 4.18 Å². The van der Waals surface area contributed by atoms with Crippen LogP contribution in [0.4, 0.5) is 8.78 Å². The lowest BCUT2D eigenvalue weighted by Crippen LogP contribution is -2.07. The van der Waals surface area contributed by atoms with Gasteiger partial charge in [0.1, 0.15) is 0 Å². The molecule has 0 aliphatic carbocycles. The summed E-state index contributed by atoms with van der Waals surface area (Å²) in [4.78, 5) is -0.0354. The van der Waals surface area contributed by atoms with E-state index in [9.17, 15) is 17.2 Å². The Morgan fingerprint density at radius 3 is 2.32 bits per heavy atom. The zero-order valence-corrected chi connectivity index (χ0v) is 10.5. The Labute approximate surface area is 109 Å². The van der Waals surface area contributed by atoms with Crippen LogP contribution in [0.3, 0.4) is 0 Å². The summed E-state index contributed by atoms with van der Waals surface area (Å²) in [7, 11) is -3.98. The molecule has 0 amide bonds. The lowest BCUT2D eigenvalue weighted by Gasteiger charge is -2.06. The zero-order chi connectivity index (χ0) is 13.9. The molecule has 0 bridgehead atoms. The highest BCUT2D eigenvalue weighted by Crippen LogP contribution is 2.17. The summed E-state index contributed by atoms with van der Waals surface area (Å²) < 4.78 is 54.5. The minimum atomic E-state index is -3.98. The highest BCUT2D eigenvalue weighted by molar-refractivity contribution is 7.86. The van der Waals surface area contributed by atoms with Gasteiger partial charge in [0.15, 0.2) is 11.6 Å². The predicted octanol–water partition coefficient (Wildman–Crippen LogP) is 2.87. The Balaban J connectivity index is 2.17. The first-order valence-electron chi connectivity index (χ1n) is 5.38. The lowest BCUT2D eigenvalue weighted by atomic mass is 10.2. The van der Waals surface area contributed by atoms with Gasteiger partial charge in [-0.1, -0.05) is 30.3 Å². The number of hydrogen-bond donors (Lipinski definition) is 0. The van der Waals surface area contributed by atoms with Crippen molar-refractivity contribution >= 4 is 10.1 Å². The molecule has 0 aliphatic heterocycles. The van der Waals surface area contributed by atoms with Gasteiger partial charge in [0, 0.05) is 5.56 Å². The van der Waals surface area contributed by atoms with E-state index >= 15 is 0 Å². The Morgan fingerprint density at radius 2 is 1.63 bits per heavy atom. The van der Waals surface area contributed by atoms with Crippen LogP contribution in [0.5, 0.6) is 0 Å². The molecule has 100 valence electrons. The van der Waals surface area contributed by atoms with E-state index in [1.54, 1.807) is 18.2 Å². The van der Waals surface area contributed by atoms with Gasteiger partial charge in [0.2, 0.25) is 0 Å². The lowest BCUT2D eigenvalue weighted by molar-refractivity contribution is 0.299. The highest BCUT2D eigenvalue weighted by atomic mass is 32.2. The maximum atomic E-state index is 13.3. The van der Waals surface area contributed by atoms with Crippen molar-refractivity contribution in [1.82, 2.24) is 0 Å². The van der Waals surface area contributed by atoms with Crippen LogP contribution in [0.1, 0.15) is 5.56 Å². The fourth-order valence-electron chi connectivity index (χ4n) is 1.46. The first-order valence-corrected chi connectivity index (χ1v) is 6.79. The maximum absolute atomic E-state index is 13.3. The monoisotopic (exact) mass is 284 g/mol. The van der Waals surface area contributed by atoms with Gasteiger partial charge in [0.05, 0.1) is 11.5 Å². The van der Waals surface area contributed by atoms with Crippen molar-refractivity contribution in [3.63, 3.8) is 0 Å². The number of halogens is 2. The van der Waals surface area contributed by atoms with Crippen molar-refractivity contribution < 1.29 is 21.4 Å². The topological polar surface area (TPSA) is 43.4 Å². The average Bonchev–Trinajstić information content (AvgIpc) is 2.41.